The molecular formula is C28H36F3N5O. The van der Waals surface area contributed by atoms with Crippen molar-refractivity contribution in [2.24, 2.45) is 11.3 Å². The second-order valence-electron chi connectivity index (χ2n) is 11.7. The molecule has 1 saturated heterocycles. The first-order valence-corrected chi connectivity index (χ1v) is 13.0. The highest BCUT2D eigenvalue weighted by molar-refractivity contribution is 5.81. The van der Waals surface area contributed by atoms with Gasteiger partial charge in [-0.15, -0.1) is 13.2 Å². The van der Waals surface area contributed by atoms with Gasteiger partial charge in [0, 0.05) is 29.7 Å². The van der Waals surface area contributed by atoms with Crippen LogP contribution in [0, 0.1) is 11.3 Å². The van der Waals surface area contributed by atoms with E-state index in [4.69, 9.17) is 4.98 Å². The molecule has 0 radical (unpaired) electrons. The summed E-state index contributed by atoms with van der Waals surface area (Å²) < 4.78 is 44.1. The molecule has 2 heterocycles. The van der Waals surface area contributed by atoms with Gasteiger partial charge in [0.15, 0.2) is 0 Å². The van der Waals surface area contributed by atoms with Crippen LogP contribution >= 0.6 is 0 Å². The van der Waals surface area contributed by atoms with Crippen LogP contribution < -0.4 is 20.9 Å². The first kappa shape index (κ1) is 25.9. The number of hydrazine groups is 1. The summed E-state index contributed by atoms with van der Waals surface area (Å²) >= 11 is 0. The summed E-state index contributed by atoms with van der Waals surface area (Å²) in [5.74, 6) is 1.35. The Kier molecular flexibility index (Phi) is 6.64. The fraction of sp³-hybridized carbons (Fsp3) is 0.536. The maximum Gasteiger partial charge on any atom is 0.573 e. The molecule has 1 aromatic heterocycles. The van der Waals surface area contributed by atoms with Crippen molar-refractivity contribution in [1.82, 2.24) is 20.4 Å². The molecule has 2 aliphatic rings. The number of nitrogens with zero attached hydrogens (tertiary/aromatic N) is 2. The smallest absolute Gasteiger partial charge is 0.406 e. The van der Waals surface area contributed by atoms with Crippen molar-refractivity contribution in [3.63, 3.8) is 0 Å². The number of rotatable bonds is 5. The highest BCUT2D eigenvalue weighted by Gasteiger charge is 2.36. The lowest BCUT2D eigenvalue weighted by molar-refractivity contribution is -0.274. The maximum absolute atomic E-state index is 12.6. The number of alkyl halides is 3. The molecule has 4 atom stereocenters. The summed E-state index contributed by atoms with van der Waals surface area (Å²) in [7, 11) is 0. The normalized spacial score (nSPS) is 27.9. The zero-order valence-corrected chi connectivity index (χ0v) is 22.0. The zero-order chi connectivity index (χ0) is 26.5. The van der Waals surface area contributed by atoms with Crippen molar-refractivity contribution in [3.8, 4) is 5.75 Å². The predicted octanol–water partition coefficient (Wildman–Crippen LogP) is 7.03. The Morgan fingerprint density at radius 3 is 2.30 bits per heavy atom. The molecule has 6 nitrogen and oxygen atoms in total. The van der Waals surface area contributed by atoms with Gasteiger partial charge in [-0.1, -0.05) is 26.8 Å². The maximum atomic E-state index is 12.6. The van der Waals surface area contributed by atoms with Crippen molar-refractivity contribution >= 4 is 22.7 Å². The van der Waals surface area contributed by atoms with E-state index in [9.17, 15) is 13.2 Å². The van der Waals surface area contributed by atoms with Crippen LogP contribution in [0.1, 0.15) is 71.4 Å². The summed E-state index contributed by atoms with van der Waals surface area (Å²) in [5.41, 5.74) is 10.7. The van der Waals surface area contributed by atoms with Gasteiger partial charge in [0.1, 0.15) is 5.75 Å². The van der Waals surface area contributed by atoms with Gasteiger partial charge < -0.3 is 14.6 Å². The Morgan fingerprint density at radius 2 is 1.68 bits per heavy atom. The van der Waals surface area contributed by atoms with Gasteiger partial charge in [-0.3, -0.25) is 10.9 Å². The van der Waals surface area contributed by atoms with Crippen LogP contribution in [0.3, 0.4) is 0 Å². The van der Waals surface area contributed by atoms with E-state index in [-0.39, 0.29) is 17.2 Å². The van der Waals surface area contributed by atoms with Crippen LogP contribution in [0.15, 0.2) is 42.5 Å². The summed E-state index contributed by atoms with van der Waals surface area (Å²) in [6.07, 6.45) is -1.46. The van der Waals surface area contributed by atoms with Crippen molar-refractivity contribution in [2.45, 2.75) is 84.3 Å². The van der Waals surface area contributed by atoms with E-state index in [1.807, 2.05) is 0 Å². The minimum atomic E-state index is -4.72. The molecule has 37 heavy (non-hydrogen) atoms. The molecule has 5 rings (SSSR count). The van der Waals surface area contributed by atoms with Gasteiger partial charge in [-0.2, -0.15) is 0 Å². The topological polar surface area (TPSA) is 63.1 Å². The lowest BCUT2D eigenvalue weighted by Crippen LogP contribution is -2.30. The van der Waals surface area contributed by atoms with E-state index in [2.05, 4.69) is 78.3 Å². The van der Waals surface area contributed by atoms with E-state index < -0.39 is 6.36 Å². The number of ether oxygens (including phenoxy) is 1. The molecular weight excluding hydrogens is 479 g/mol. The SMILES string of the molecule is CC1NNC(C)C1c1ccc2c(c1)nc(Nc1ccc(OC(F)(F)F)cc1)n2[C@H]1C[C@@H](C)CC(C)(C)C1. The second-order valence-corrected chi connectivity index (χ2v) is 11.7. The molecule has 3 aromatic rings. The third kappa shape index (κ3) is 5.57. The predicted molar refractivity (Wildman–Crippen MR) is 140 cm³/mol. The summed E-state index contributed by atoms with van der Waals surface area (Å²) in [5, 5.41) is 3.39. The molecule has 200 valence electrons. The number of hydrogen-bond acceptors (Lipinski definition) is 5. The Hall–Kier alpha value is -2.78. The molecule has 2 aromatic carbocycles. The molecule has 0 bridgehead atoms. The van der Waals surface area contributed by atoms with E-state index in [1.165, 1.54) is 24.1 Å². The molecule has 3 N–H and O–H groups in total. The summed E-state index contributed by atoms with van der Waals surface area (Å²) in [6, 6.07) is 13.2. The number of hydrogen-bond donors (Lipinski definition) is 3. The Morgan fingerprint density at radius 1 is 1.00 bits per heavy atom. The van der Waals surface area contributed by atoms with Gasteiger partial charge in [0.2, 0.25) is 5.95 Å². The highest BCUT2D eigenvalue weighted by Crippen LogP contribution is 2.46. The minimum Gasteiger partial charge on any atom is -0.406 e. The lowest BCUT2D eigenvalue weighted by Gasteiger charge is -2.40. The fourth-order valence-corrected chi connectivity index (χ4v) is 6.60. The van der Waals surface area contributed by atoms with E-state index in [0.29, 0.717) is 35.6 Å². The largest absolute Gasteiger partial charge is 0.573 e. The molecule has 2 unspecified atom stereocenters. The van der Waals surface area contributed by atoms with Crippen molar-refractivity contribution in [1.29, 1.82) is 0 Å². The van der Waals surface area contributed by atoms with E-state index >= 15 is 0 Å². The molecule has 1 aliphatic heterocycles. The van der Waals surface area contributed by atoms with Crippen LogP contribution in [0.2, 0.25) is 0 Å². The third-order valence-corrected chi connectivity index (χ3v) is 7.79. The van der Waals surface area contributed by atoms with Crippen molar-refractivity contribution in [2.75, 3.05) is 5.32 Å². The first-order valence-electron chi connectivity index (χ1n) is 13.0. The quantitative estimate of drug-likeness (QED) is 0.340. The first-order chi connectivity index (χ1) is 17.4. The Bertz CT molecular complexity index is 1240. The number of fused-ring (bicyclic) bond motifs is 1. The minimum absolute atomic E-state index is 0.207. The number of nitrogens with one attached hydrogen (secondary N) is 3. The number of anilines is 2. The van der Waals surface area contributed by atoms with Gasteiger partial charge in [-0.25, -0.2) is 4.98 Å². The number of imidazole rings is 1. The molecule has 1 saturated carbocycles. The van der Waals surface area contributed by atoms with E-state index in [1.54, 1.807) is 12.1 Å². The second kappa shape index (κ2) is 9.51. The standard InChI is InChI=1S/C28H36F3N5O/c1-16-12-21(15-27(4,5)14-16)36-24-11-6-19(25-17(2)34-35-18(25)3)13-23(24)33-26(36)32-20-7-9-22(10-8-20)37-28(29,30)31/h6-11,13,16-18,21,25,34-35H,12,14-15H2,1-5H3,(H,32,33)/t16-,17?,18?,21+,25?/m1/s1. The van der Waals surface area contributed by atoms with Crippen molar-refractivity contribution < 1.29 is 17.9 Å². The number of halogens is 3. The van der Waals surface area contributed by atoms with Crippen molar-refractivity contribution in [3.05, 3.63) is 48.0 Å². The molecule has 1 aliphatic carbocycles. The van der Waals surface area contributed by atoms with Gasteiger partial charge in [-0.05, 0) is 86.4 Å². The van der Waals surface area contributed by atoms with Crippen LogP contribution in [0.25, 0.3) is 11.0 Å². The number of benzene rings is 2. The summed E-state index contributed by atoms with van der Waals surface area (Å²) in [4.78, 5) is 5.02. The summed E-state index contributed by atoms with van der Waals surface area (Å²) in [6.45, 7) is 11.3. The molecule has 0 amide bonds. The van der Waals surface area contributed by atoms with Crippen LogP contribution in [0.4, 0.5) is 24.8 Å². The van der Waals surface area contributed by atoms with Crippen LogP contribution in [-0.4, -0.2) is 28.0 Å². The average Bonchev–Trinajstić information content (AvgIpc) is 3.30. The molecule has 0 spiro atoms. The number of aromatic nitrogens is 2. The Balaban J connectivity index is 1.53. The van der Waals surface area contributed by atoms with Gasteiger partial charge in [0.05, 0.1) is 11.0 Å². The average molecular weight is 516 g/mol. The van der Waals surface area contributed by atoms with E-state index in [0.717, 1.165) is 23.9 Å². The highest BCUT2D eigenvalue weighted by atomic mass is 19.4. The molecule has 2 fully saturated rings. The molecule has 9 heteroatoms. The monoisotopic (exact) mass is 515 g/mol. The van der Waals surface area contributed by atoms with Gasteiger partial charge in [0.25, 0.3) is 0 Å². The van der Waals surface area contributed by atoms with Gasteiger partial charge >= 0.3 is 6.36 Å². The third-order valence-electron chi connectivity index (χ3n) is 7.79. The van der Waals surface area contributed by atoms with Crippen LogP contribution in [-0.2, 0) is 0 Å². The lowest BCUT2D eigenvalue weighted by atomic mass is 9.70. The zero-order valence-electron chi connectivity index (χ0n) is 22.0. The Labute approximate surface area is 216 Å². The van der Waals surface area contributed by atoms with Crippen LogP contribution in [0.5, 0.6) is 5.75 Å². The fourth-order valence-electron chi connectivity index (χ4n) is 6.60.